The SMILES string of the molecule is CCCCCCCC/C=C/C/C=C/CCCCC(=O)OC[C@H](COP(=O)(O)OC[C@@H](O)CO)OC(=O)CCC/C=C/CCCCCCCCCCCCCCCCCCCC. The van der Waals surface area contributed by atoms with E-state index in [1.165, 1.54) is 154 Å². The normalized spacial score (nSPS) is 14.0. The fraction of sp³-hybridized carbons (Fsp3) is 0.840. The van der Waals surface area contributed by atoms with Gasteiger partial charge in [-0.3, -0.25) is 18.6 Å². The van der Waals surface area contributed by atoms with Crippen LogP contribution in [0.2, 0.25) is 0 Å². The van der Waals surface area contributed by atoms with Gasteiger partial charge >= 0.3 is 19.8 Å². The van der Waals surface area contributed by atoms with E-state index in [0.717, 1.165) is 38.5 Å². The first-order valence-corrected chi connectivity index (χ1v) is 26.4. The number of esters is 2. The zero-order valence-corrected chi connectivity index (χ0v) is 40.0. The van der Waals surface area contributed by atoms with Crippen molar-refractivity contribution in [3.05, 3.63) is 36.5 Å². The molecule has 11 heteroatoms. The molecule has 0 fully saturated rings. The summed E-state index contributed by atoms with van der Waals surface area (Å²) >= 11 is 0. The molecule has 3 N–H and O–H groups in total. The first-order chi connectivity index (χ1) is 29.7. The monoisotopic (exact) mass is 885 g/mol. The van der Waals surface area contributed by atoms with Crippen molar-refractivity contribution < 1.29 is 47.8 Å². The van der Waals surface area contributed by atoms with E-state index in [0.29, 0.717) is 12.8 Å². The molecule has 0 saturated heterocycles. The van der Waals surface area contributed by atoms with E-state index in [1.54, 1.807) is 0 Å². The van der Waals surface area contributed by atoms with Gasteiger partial charge in [-0.1, -0.05) is 192 Å². The van der Waals surface area contributed by atoms with E-state index >= 15 is 0 Å². The summed E-state index contributed by atoms with van der Waals surface area (Å²) in [6.45, 7) is 2.34. The van der Waals surface area contributed by atoms with Gasteiger partial charge in [0.2, 0.25) is 0 Å². The topological polar surface area (TPSA) is 149 Å². The maximum atomic E-state index is 12.6. The first-order valence-electron chi connectivity index (χ1n) is 24.9. The molecule has 0 aromatic carbocycles. The smallest absolute Gasteiger partial charge is 0.462 e. The van der Waals surface area contributed by atoms with Crippen LogP contribution < -0.4 is 0 Å². The Labute approximate surface area is 373 Å². The lowest BCUT2D eigenvalue weighted by atomic mass is 10.0. The average Bonchev–Trinajstić information content (AvgIpc) is 3.25. The molecule has 0 aliphatic heterocycles. The van der Waals surface area contributed by atoms with E-state index < -0.39 is 51.8 Å². The van der Waals surface area contributed by atoms with Crippen LogP contribution in [0, 0.1) is 0 Å². The molecule has 358 valence electrons. The lowest BCUT2D eigenvalue weighted by Gasteiger charge is -2.20. The Kier molecular flexibility index (Phi) is 44.8. The van der Waals surface area contributed by atoms with Crippen molar-refractivity contribution in [3.63, 3.8) is 0 Å². The van der Waals surface area contributed by atoms with Gasteiger partial charge in [0.05, 0.1) is 19.8 Å². The number of carbonyl (C=O) groups is 2. The van der Waals surface area contributed by atoms with Crippen LogP contribution in [-0.2, 0) is 32.7 Å². The lowest BCUT2D eigenvalue weighted by molar-refractivity contribution is -0.161. The largest absolute Gasteiger partial charge is 0.472 e. The Morgan fingerprint density at radius 1 is 0.492 bits per heavy atom. The van der Waals surface area contributed by atoms with Crippen LogP contribution in [-0.4, -0.2) is 65.7 Å². The van der Waals surface area contributed by atoms with Crippen LogP contribution in [0.1, 0.15) is 232 Å². The first kappa shape index (κ1) is 59.2. The number of rotatable bonds is 47. The summed E-state index contributed by atoms with van der Waals surface area (Å²) in [7, 11) is -4.63. The second kappa shape index (κ2) is 46.2. The van der Waals surface area contributed by atoms with Crippen LogP contribution in [0.25, 0.3) is 0 Å². The van der Waals surface area contributed by atoms with Crippen LogP contribution in [0.3, 0.4) is 0 Å². The predicted octanol–water partition coefficient (Wildman–Crippen LogP) is 13.9. The second-order valence-corrected chi connectivity index (χ2v) is 18.3. The molecule has 0 aromatic heterocycles. The number of aliphatic hydroxyl groups is 2. The van der Waals surface area contributed by atoms with Crippen molar-refractivity contribution in [1.29, 1.82) is 0 Å². The molecule has 0 aliphatic carbocycles. The fourth-order valence-electron chi connectivity index (χ4n) is 6.91. The number of phosphoric acid groups is 1. The highest BCUT2D eigenvalue weighted by Crippen LogP contribution is 2.43. The highest BCUT2D eigenvalue weighted by atomic mass is 31.2. The summed E-state index contributed by atoms with van der Waals surface area (Å²) in [5, 5.41) is 18.4. The van der Waals surface area contributed by atoms with Gasteiger partial charge in [-0.15, -0.1) is 0 Å². The highest BCUT2D eigenvalue weighted by molar-refractivity contribution is 7.47. The van der Waals surface area contributed by atoms with E-state index in [9.17, 15) is 24.2 Å². The molecule has 0 aliphatic rings. The third-order valence-electron chi connectivity index (χ3n) is 10.8. The van der Waals surface area contributed by atoms with Crippen molar-refractivity contribution in [1.82, 2.24) is 0 Å². The van der Waals surface area contributed by atoms with Crippen molar-refractivity contribution in [2.24, 2.45) is 0 Å². The molecular weight excluding hydrogens is 792 g/mol. The zero-order valence-electron chi connectivity index (χ0n) is 39.1. The molecule has 0 aromatic rings. The van der Waals surface area contributed by atoms with Crippen molar-refractivity contribution in [2.45, 2.75) is 244 Å². The Balaban J connectivity index is 4.23. The molecule has 3 atom stereocenters. The molecule has 1 unspecified atom stereocenters. The van der Waals surface area contributed by atoms with Crippen LogP contribution >= 0.6 is 7.82 Å². The summed E-state index contributed by atoms with van der Waals surface area (Å²) in [4.78, 5) is 35.1. The van der Waals surface area contributed by atoms with E-state index in [1.807, 2.05) is 0 Å². The van der Waals surface area contributed by atoms with Crippen LogP contribution in [0.5, 0.6) is 0 Å². The number of unbranched alkanes of at least 4 members (excludes halogenated alkanes) is 27. The lowest BCUT2D eigenvalue weighted by Crippen LogP contribution is -2.29. The Hall–Kier alpha value is -1.81. The van der Waals surface area contributed by atoms with Gasteiger partial charge < -0.3 is 24.6 Å². The predicted molar refractivity (Wildman–Crippen MR) is 251 cm³/mol. The van der Waals surface area contributed by atoms with Crippen molar-refractivity contribution in [2.75, 3.05) is 26.4 Å². The fourth-order valence-corrected chi connectivity index (χ4v) is 7.70. The summed E-state index contributed by atoms with van der Waals surface area (Å²) in [5.74, 6) is -0.993. The summed E-state index contributed by atoms with van der Waals surface area (Å²) in [5.41, 5.74) is 0. The molecular formula is C50H93O10P. The Bertz CT molecular complexity index is 1110. The third-order valence-corrected chi connectivity index (χ3v) is 11.7. The zero-order chi connectivity index (χ0) is 44.8. The number of hydrogen-bond donors (Lipinski definition) is 3. The maximum Gasteiger partial charge on any atom is 0.472 e. The van der Waals surface area contributed by atoms with Crippen molar-refractivity contribution in [3.8, 4) is 0 Å². The maximum absolute atomic E-state index is 12.6. The second-order valence-electron chi connectivity index (χ2n) is 16.8. The van der Waals surface area contributed by atoms with Crippen LogP contribution in [0.15, 0.2) is 36.5 Å². The number of allylic oxidation sites excluding steroid dienone is 6. The summed E-state index contributed by atoms with van der Waals surface area (Å²) < 4.78 is 32.7. The minimum Gasteiger partial charge on any atom is -0.462 e. The van der Waals surface area contributed by atoms with Gasteiger partial charge in [0.15, 0.2) is 6.10 Å². The number of aliphatic hydroxyl groups excluding tert-OH is 2. The number of ether oxygens (including phenoxy) is 2. The molecule has 0 saturated carbocycles. The quantitative estimate of drug-likeness (QED) is 0.0233. The average molecular weight is 885 g/mol. The number of hydrogen-bond acceptors (Lipinski definition) is 9. The highest BCUT2D eigenvalue weighted by Gasteiger charge is 2.27. The van der Waals surface area contributed by atoms with Gasteiger partial charge in [0.25, 0.3) is 0 Å². The van der Waals surface area contributed by atoms with Gasteiger partial charge in [-0.05, 0) is 64.2 Å². The van der Waals surface area contributed by atoms with Crippen LogP contribution in [0.4, 0.5) is 0 Å². The minimum absolute atomic E-state index is 0.131. The Morgan fingerprint density at radius 3 is 1.33 bits per heavy atom. The van der Waals surface area contributed by atoms with Gasteiger partial charge in [-0.25, -0.2) is 4.57 Å². The van der Waals surface area contributed by atoms with Crippen molar-refractivity contribution >= 4 is 19.8 Å². The summed E-state index contributed by atoms with van der Waals surface area (Å²) in [6.07, 6.45) is 49.9. The Morgan fingerprint density at radius 2 is 0.869 bits per heavy atom. The molecule has 0 amide bonds. The molecule has 0 spiro atoms. The standard InChI is InChI=1S/C50H93O10P/c1-3-5-7-9-11-13-15-17-19-20-21-22-23-24-25-26-28-30-32-34-36-38-40-42-50(54)60-48(46-59-61(55,56)58-44-47(52)43-51)45-57-49(53)41-39-37-35-33-31-29-27-18-16-14-12-10-8-6-4-2/h18,27,31,33-34,36,47-48,51-52H,3-17,19-26,28-30,32,35,37-46H2,1-2H3,(H,55,56)/b27-18+,33-31+,36-34+/t47-,48+/m0/s1. The van der Waals surface area contributed by atoms with Gasteiger partial charge in [0.1, 0.15) is 12.7 Å². The molecule has 0 heterocycles. The van der Waals surface area contributed by atoms with E-state index in [2.05, 4.69) is 50.3 Å². The number of phosphoric ester groups is 1. The van der Waals surface area contributed by atoms with Gasteiger partial charge in [-0.2, -0.15) is 0 Å². The number of carbonyl (C=O) groups excluding carboxylic acids is 2. The molecule has 10 nitrogen and oxygen atoms in total. The third kappa shape index (κ3) is 46.0. The van der Waals surface area contributed by atoms with E-state index in [-0.39, 0.29) is 19.4 Å². The molecule has 0 bridgehead atoms. The van der Waals surface area contributed by atoms with E-state index in [4.69, 9.17) is 23.6 Å². The summed E-state index contributed by atoms with van der Waals surface area (Å²) in [6, 6.07) is 0. The van der Waals surface area contributed by atoms with Gasteiger partial charge in [0, 0.05) is 12.8 Å². The molecule has 0 rings (SSSR count). The molecule has 0 radical (unpaired) electrons. The molecule has 61 heavy (non-hydrogen) atoms. The minimum atomic E-state index is -4.63.